The summed E-state index contributed by atoms with van der Waals surface area (Å²) in [5.41, 5.74) is 0. The van der Waals surface area contributed by atoms with E-state index in [-0.39, 0.29) is 36.9 Å². The Bertz CT molecular complexity index is 309. The maximum Gasteiger partial charge on any atom is 0.327 e. The van der Waals surface area contributed by atoms with Crippen molar-refractivity contribution in [3.05, 3.63) is 0 Å². The topological polar surface area (TPSA) is 57.7 Å². The van der Waals surface area contributed by atoms with Crippen LogP contribution in [-0.2, 0) is 9.59 Å². The van der Waals surface area contributed by atoms with Crippen molar-refractivity contribution in [2.24, 2.45) is 0 Å². The minimum atomic E-state index is -0.298. The second-order valence-electron chi connectivity index (χ2n) is 3.84. The molecule has 0 aromatic carbocycles. The first-order chi connectivity index (χ1) is 6.59. The Morgan fingerprint density at radius 2 is 2.07 bits per heavy atom. The lowest BCUT2D eigenvalue weighted by atomic mass is 10.4. The van der Waals surface area contributed by atoms with E-state index in [0.717, 1.165) is 12.8 Å². The van der Waals surface area contributed by atoms with Crippen LogP contribution in [0.2, 0.25) is 0 Å². The molecule has 0 atom stereocenters. The van der Waals surface area contributed by atoms with Crippen LogP contribution in [-0.4, -0.2) is 46.7 Å². The summed E-state index contributed by atoms with van der Waals surface area (Å²) in [4.78, 5) is 36.4. The first-order valence-electron chi connectivity index (χ1n) is 4.70. The van der Waals surface area contributed by atoms with Gasteiger partial charge in [0, 0.05) is 6.04 Å². The van der Waals surface area contributed by atoms with Gasteiger partial charge in [0.25, 0.3) is 5.91 Å². The average Bonchev–Trinajstić information content (AvgIpc) is 2.82. The van der Waals surface area contributed by atoms with Crippen LogP contribution in [0.3, 0.4) is 0 Å². The van der Waals surface area contributed by atoms with Gasteiger partial charge in [-0.05, 0) is 19.8 Å². The smallest absolute Gasteiger partial charge is 0.308 e. The number of Topliss-reactive ketones (excluding diaryl/α,β-unsaturated/α-hetero) is 1. The molecule has 14 heavy (non-hydrogen) atoms. The molecule has 2 aliphatic rings. The van der Waals surface area contributed by atoms with Gasteiger partial charge in [-0.25, -0.2) is 4.79 Å². The van der Waals surface area contributed by atoms with Gasteiger partial charge in [0.2, 0.25) is 0 Å². The lowest BCUT2D eigenvalue weighted by Crippen LogP contribution is -2.36. The third-order valence-electron chi connectivity index (χ3n) is 2.40. The largest absolute Gasteiger partial charge is 0.327 e. The van der Waals surface area contributed by atoms with Crippen LogP contribution in [0.4, 0.5) is 4.79 Å². The van der Waals surface area contributed by atoms with Gasteiger partial charge in [-0.3, -0.25) is 14.5 Å². The lowest BCUT2D eigenvalue weighted by molar-refractivity contribution is -0.125. The first kappa shape index (κ1) is 9.18. The van der Waals surface area contributed by atoms with E-state index in [4.69, 9.17) is 0 Å². The van der Waals surface area contributed by atoms with Gasteiger partial charge in [0.1, 0.15) is 12.3 Å². The molecule has 0 unspecified atom stereocenters. The van der Waals surface area contributed by atoms with Crippen molar-refractivity contribution >= 4 is 17.7 Å². The van der Waals surface area contributed by atoms with Crippen LogP contribution in [0.15, 0.2) is 0 Å². The normalized spacial score (nSPS) is 22.1. The maximum absolute atomic E-state index is 11.6. The van der Waals surface area contributed by atoms with Crippen LogP contribution < -0.4 is 0 Å². The Balaban J connectivity index is 2.06. The highest BCUT2D eigenvalue weighted by atomic mass is 16.2. The molecule has 0 bridgehead atoms. The van der Waals surface area contributed by atoms with Crippen LogP contribution in [0.5, 0.6) is 0 Å². The molecule has 0 aromatic heterocycles. The highest BCUT2D eigenvalue weighted by Gasteiger charge is 2.44. The SMILES string of the molecule is CC(=O)CN1CC(=O)N(C2CC2)C1=O. The molecule has 0 radical (unpaired) electrons. The molecule has 1 heterocycles. The second-order valence-corrected chi connectivity index (χ2v) is 3.84. The van der Waals surface area contributed by atoms with E-state index in [1.54, 1.807) is 0 Å². The molecule has 3 amide bonds. The summed E-state index contributed by atoms with van der Waals surface area (Å²) >= 11 is 0. The van der Waals surface area contributed by atoms with E-state index >= 15 is 0 Å². The number of hydrogen-bond acceptors (Lipinski definition) is 3. The zero-order chi connectivity index (χ0) is 10.3. The molecule has 1 aliphatic heterocycles. The van der Waals surface area contributed by atoms with Crippen molar-refractivity contribution in [3.63, 3.8) is 0 Å². The molecule has 76 valence electrons. The third-order valence-corrected chi connectivity index (χ3v) is 2.40. The Hall–Kier alpha value is -1.39. The Morgan fingerprint density at radius 3 is 2.57 bits per heavy atom. The predicted molar refractivity (Wildman–Crippen MR) is 47.5 cm³/mol. The molecule has 1 saturated carbocycles. The molecule has 0 aromatic rings. The van der Waals surface area contributed by atoms with E-state index in [1.807, 2.05) is 0 Å². The van der Waals surface area contributed by atoms with Gasteiger partial charge in [-0.2, -0.15) is 0 Å². The number of urea groups is 1. The molecule has 5 nitrogen and oxygen atoms in total. The monoisotopic (exact) mass is 196 g/mol. The van der Waals surface area contributed by atoms with E-state index in [0.29, 0.717) is 0 Å². The first-order valence-corrected chi connectivity index (χ1v) is 4.70. The zero-order valence-corrected chi connectivity index (χ0v) is 8.02. The Kier molecular flexibility index (Phi) is 2.02. The van der Waals surface area contributed by atoms with Crippen molar-refractivity contribution in [1.29, 1.82) is 0 Å². The van der Waals surface area contributed by atoms with Gasteiger partial charge in [-0.15, -0.1) is 0 Å². The van der Waals surface area contributed by atoms with Crippen molar-refractivity contribution in [1.82, 2.24) is 9.80 Å². The van der Waals surface area contributed by atoms with Crippen LogP contribution in [0.1, 0.15) is 19.8 Å². The molecule has 1 aliphatic carbocycles. The molecular weight excluding hydrogens is 184 g/mol. The summed E-state index contributed by atoms with van der Waals surface area (Å²) in [5.74, 6) is -0.262. The summed E-state index contributed by atoms with van der Waals surface area (Å²) in [6.45, 7) is 1.53. The number of hydrogen-bond donors (Lipinski definition) is 0. The summed E-state index contributed by atoms with van der Waals surface area (Å²) < 4.78 is 0. The lowest BCUT2D eigenvalue weighted by Gasteiger charge is -2.14. The fourth-order valence-electron chi connectivity index (χ4n) is 1.65. The highest BCUT2D eigenvalue weighted by molar-refractivity contribution is 6.03. The van der Waals surface area contributed by atoms with Gasteiger partial charge in [0.15, 0.2) is 0 Å². The summed E-state index contributed by atoms with van der Waals surface area (Å²) in [5, 5.41) is 0. The van der Waals surface area contributed by atoms with Crippen LogP contribution >= 0.6 is 0 Å². The van der Waals surface area contributed by atoms with Gasteiger partial charge in [-0.1, -0.05) is 0 Å². The number of rotatable bonds is 3. The molecule has 5 heteroatoms. The average molecular weight is 196 g/mol. The van der Waals surface area contributed by atoms with Gasteiger partial charge in [0.05, 0.1) is 6.54 Å². The maximum atomic E-state index is 11.6. The summed E-state index contributed by atoms with van der Waals surface area (Å²) in [6, 6.07) is -0.195. The predicted octanol–water partition coefficient (Wildman–Crippen LogP) is 0.00200. The highest BCUT2D eigenvalue weighted by Crippen LogP contribution is 2.30. The molecule has 0 spiro atoms. The standard InChI is InChI=1S/C9H12N2O3/c1-6(12)4-10-5-8(13)11(9(10)14)7-2-3-7/h7H,2-5H2,1H3. The Morgan fingerprint density at radius 1 is 1.43 bits per heavy atom. The summed E-state index contributed by atoms with van der Waals surface area (Å²) in [7, 11) is 0. The number of nitrogens with zero attached hydrogens (tertiary/aromatic N) is 2. The van der Waals surface area contributed by atoms with Crippen LogP contribution in [0, 0.1) is 0 Å². The number of ketones is 1. The number of imide groups is 1. The van der Waals surface area contributed by atoms with Crippen molar-refractivity contribution in [2.45, 2.75) is 25.8 Å². The van der Waals surface area contributed by atoms with Gasteiger partial charge < -0.3 is 4.90 Å². The van der Waals surface area contributed by atoms with E-state index in [1.165, 1.54) is 16.7 Å². The van der Waals surface area contributed by atoms with E-state index in [9.17, 15) is 14.4 Å². The number of carbonyl (C=O) groups excluding carboxylic acids is 3. The number of amides is 3. The fraction of sp³-hybridized carbons (Fsp3) is 0.667. The van der Waals surface area contributed by atoms with Crippen molar-refractivity contribution in [2.75, 3.05) is 13.1 Å². The molecular formula is C9H12N2O3. The fourth-order valence-corrected chi connectivity index (χ4v) is 1.65. The molecule has 1 saturated heterocycles. The minimum Gasteiger partial charge on any atom is -0.308 e. The second kappa shape index (κ2) is 3.08. The Labute approximate surface area is 81.7 Å². The molecule has 2 rings (SSSR count). The van der Waals surface area contributed by atoms with Crippen LogP contribution in [0.25, 0.3) is 0 Å². The quantitative estimate of drug-likeness (QED) is 0.597. The third kappa shape index (κ3) is 1.49. The van der Waals surface area contributed by atoms with Crippen molar-refractivity contribution < 1.29 is 14.4 Å². The van der Waals surface area contributed by atoms with Gasteiger partial charge >= 0.3 is 6.03 Å². The number of carbonyl (C=O) groups is 3. The molecule has 0 N–H and O–H groups in total. The summed E-state index contributed by atoms with van der Waals surface area (Å²) in [6.07, 6.45) is 1.82. The zero-order valence-electron chi connectivity index (χ0n) is 8.02. The van der Waals surface area contributed by atoms with Crippen molar-refractivity contribution in [3.8, 4) is 0 Å². The minimum absolute atomic E-state index is 0.0494. The van der Waals surface area contributed by atoms with E-state index in [2.05, 4.69) is 0 Å². The van der Waals surface area contributed by atoms with E-state index < -0.39 is 0 Å². The molecule has 2 fully saturated rings.